The van der Waals surface area contributed by atoms with Gasteiger partial charge < -0.3 is 9.67 Å². The van der Waals surface area contributed by atoms with Gasteiger partial charge in [-0.05, 0) is 29.0 Å². The van der Waals surface area contributed by atoms with Gasteiger partial charge >= 0.3 is 0 Å². The second-order valence-electron chi connectivity index (χ2n) is 4.54. The summed E-state index contributed by atoms with van der Waals surface area (Å²) in [6, 6.07) is 7.86. The Morgan fingerprint density at radius 2 is 2.06 bits per heavy atom. The molecule has 0 aliphatic rings. The Morgan fingerprint density at radius 3 is 2.71 bits per heavy atom. The fourth-order valence-corrected chi connectivity index (χ4v) is 1.95. The minimum atomic E-state index is -0.0353. The maximum atomic E-state index is 12.1. The number of hydrogen-bond donors (Lipinski definition) is 1. The minimum Gasteiger partial charge on any atom is -0.395 e. The van der Waals surface area contributed by atoms with Crippen LogP contribution in [0.1, 0.15) is 25.3 Å². The molecule has 0 bridgehead atoms. The monoisotopic (exact) mass is 231 g/mol. The van der Waals surface area contributed by atoms with E-state index in [1.54, 1.807) is 6.20 Å². The van der Waals surface area contributed by atoms with Crippen molar-refractivity contribution in [1.82, 2.24) is 4.57 Å². The first-order chi connectivity index (χ1) is 8.13. The zero-order valence-corrected chi connectivity index (χ0v) is 10.2. The van der Waals surface area contributed by atoms with Crippen LogP contribution in [0.5, 0.6) is 0 Å². The molecule has 0 saturated heterocycles. The SMILES string of the molecule is CC(C)c1ccc2c(=O)n(CCO)ccc2c1. The molecule has 1 aromatic heterocycles. The molecule has 1 N–H and O–H groups in total. The highest BCUT2D eigenvalue weighted by atomic mass is 16.3. The number of rotatable bonds is 3. The van der Waals surface area contributed by atoms with E-state index < -0.39 is 0 Å². The molecule has 1 heterocycles. The van der Waals surface area contributed by atoms with E-state index in [-0.39, 0.29) is 12.2 Å². The molecule has 0 aliphatic heterocycles. The number of aliphatic hydroxyl groups is 1. The number of aromatic nitrogens is 1. The lowest BCUT2D eigenvalue weighted by atomic mass is 10.0. The molecule has 0 amide bonds. The number of fused-ring (bicyclic) bond motifs is 1. The van der Waals surface area contributed by atoms with Gasteiger partial charge in [0.15, 0.2) is 0 Å². The molecule has 0 radical (unpaired) electrons. The Hall–Kier alpha value is -1.61. The fourth-order valence-electron chi connectivity index (χ4n) is 1.95. The average molecular weight is 231 g/mol. The Bertz CT molecular complexity index is 584. The lowest BCUT2D eigenvalue weighted by Crippen LogP contribution is -2.21. The highest BCUT2D eigenvalue weighted by Crippen LogP contribution is 2.19. The Balaban J connectivity index is 2.60. The normalized spacial score (nSPS) is 11.3. The topological polar surface area (TPSA) is 42.2 Å². The first-order valence-corrected chi connectivity index (χ1v) is 5.87. The van der Waals surface area contributed by atoms with Crippen molar-refractivity contribution >= 4 is 10.8 Å². The quantitative estimate of drug-likeness (QED) is 0.879. The van der Waals surface area contributed by atoms with Crippen molar-refractivity contribution in [3.05, 3.63) is 46.4 Å². The summed E-state index contributed by atoms with van der Waals surface area (Å²) < 4.78 is 1.54. The van der Waals surface area contributed by atoms with Crippen LogP contribution in [0, 0.1) is 0 Å². The Labute approximate surface area is 100 Å². The summed E-state index contributed by atoms with van der Waals surface area (Å²) in [5.41, 5.74) is 1.20. The average Bonchev–Trinajstić information content (AvgIpc) is 2.32. The van der Waals surface area contributed by atoms with E-state index >= 15 is 0 Å². The van der Waals surface area contributed by atoms with Crippen molar-refractivity contribution in [3.8, 4) is 0 Å². The van der Waals surface area contributed by atoms with Gasteiger partial charge in [-0.3, -0.25) is 4.79 Å². The third-order valence-electron chi connectivity index (χ3n) is 3.01. The number of pyridine rings is 1. The van der Waals surface area contributed by atoms with Crippen LogP contribution in [-0.4, -0.2) is 16.3 Å². The molecule has 0 atom stereocenters. The minimum absolute atomic E-state index is 0.0184. The van der Waals surface area contributed by atoms with Gasteiger partial charge in [-0.15, -0.1) is 0 Å². The largest absolute Gasteiger partial charge is 0.395 e. The van der Waals surface area contributed by atoms with Crippen molar-refractivity contribution in [2.24, 2.45) is 0 Å². The van der Waals surface area contributed by atoms with Gasteiger partial charge in [0.05, 0.1) is 6.61 Å². The number of hydrogen-bond acceptors (Lipinski definition) is 2. The zero-order valence-electron chi connectivity index (χ0n) is 10.2. The van der Waals surface area contributed by atoms with E-state index in [0.29, 0.717) is 17.8 Å². The van der Waals surface area contributed by atoms with Gasteiger partial charge in [-0.25, -0.2) is 0 Å². The third kappa shape index (κ3) is 2.24. The molecule has 17 heavy (non-hydrogen) atoms. The van der Waals surface area contributed by atoms with Gasteiger partial charge in [0.2, 0.25) is 0 Å². The molecule has 1 aromatic carbocycles. The fraction of sp³-hybridized carbons (Fsp3) is 0.357. The van der Waals surface area contributed by atoms with Crippen LogP contribution in [0.4, 0.5) is 0 Å². The van der Waals surface area contributed by atoms with Crippen LogP contribution < -0.4 is 5.56 Å². The molecule has 3 nitrogen and oxygen atoms in total. The molecular weight excluding hydrogens is 214 g/mol. The maximum absolute atomic E-state index is 12.1. The molecule has 0 aliphatic carbocycles. The summed E-state index contributed by atoms with van der Waals surface area (Å²) in [6.07, 6.45) is 1.74. The summed E-state index contributed by atoms with van der Waals surface area (Å²) in [7, 11) is 0. The summed E-state index contributed by atoms with van der Waals surface area (Å²) in [5, 5.41) is 10.6. The van der Waals surface area contributed by atoms with Crippen LogP contribution in [-0.2, 0) is 6.54 Å². The van der Waals surface area contributed by atoms with Crippen LogP contribution >= 0.6 is 0 Å². The summed E-state index contributed by atoms with van der Waals surface area (Å²) in [6.45, 7) is 4.60. The predicted octanol–water partition coefficient (Wildman–Crippen LogP) is 2.12. The van der Waals surface area contributed by atoms with Crippen LogP contribution in [0.15, 0.2) is 35.3 Å². The first kappa shape index (κ1) is 11.9. The van der Waals surface area contributed by atoms with Gasteiger partial charge in [-0.1, -0.05) is 26.0 Å². The van der Waals surface area contributed by atoms with Crippen LogP contribution in [0.2, 0.25) is 0 Å². The second kappa shape index (κ2) is 4.72. The maximum Gasteiger partial charge on any atom is 0.258 e. The molecule has 0 spiro atoms. The van der Waals surface area contributed by atoms with Crippen molar-refractivity contribution in [3.63, 3.8) is 0 Å². The van der Waals surface area contributed by atoms with E-state index in [0.717, 1.165) is 5.39 Å². The molecule has 0 fully saturated rings. The zero-order chi connectivity index (χ0) is 12.4. The van der Waals surface area contributed by atoms with E-state index in [2.05, 4.69) is 19.9 Å². The molecule has 90 valence electrons. The molecule has 2 aromatic rings. The molecule has 2 rings (SSSR count). The van der Waals surface area contributed by atoms with Gasteiger partial charge in [-0.2, -0.15) is 0 Å². The lowest BCUT2D eigenvalue weighted by molar-refractivity contribution is 0.274. The van der Waals surface area contributed by atoms with Crippen molar-refractivity contribution in [1.29, 1.82) is 0 Å². The molecule has 3 heteroatoms. The summed E-state index contributed by atoms with van der Waals surface area (Å²) in [4.78, 5) is 12.1. The van der Waals surface area contributed by atoms with Crippen LogP contribution in [0.3, 0.4) is 0 Å². The number of nitrogens with zero attached hydrogens (tertiary/aromatic N) is 1. The Kier molecular flexibility index (Phi) is 3.29. The summed E-state index contributed by atoms with van der Waals surface area (Å²) >= 11 is 0. The predicted molar refractivity (Wildman–Crippen MR) is 69.4 cm³/mol. The van der Waals surface area contributed by atoms with Crippen molar-refractivity contribution in [2.75, 3.05) is 6.61 Å². The van der Waals surface area contributed by atoms with Crippen LogP contribution in [0.25, 0.3) is 10.8 Å². The van der Waals surface area contributed by atoms with E-state index in [9.17, 15) is 4.79 Å². The number of aliphatic hydroxyl groups excluding tert-OH is 1. The lowest BCUT2D eigenvalue weighted by Gasteiger charge is -2.08. The molecule has 0 saturated carbocycles. The van der Waals surface area contributed by atoms with E-state index in [1.807, 2.05) is 18.2 Å². The van der Waals surface area contributed by atoms with E-state index in [4.69, 9.17) is 5.11 Å². The number of benzene rings is 1. The third-order valence-corrected chi connectivity index (χ3v) is 3.01. The van der Waals surface area contributed by atoms with Gasteiger partial charge in [0.25, 0.3) is 5.56 Å². The highest BCUT2D eigenvalue weighted by molar-refractivity contribution is 5.82. The molecule has 0 unspecified atom stereocenters. The smallest absolute Gasteiger partial charge is 0.258 e. The second-order valence-corrected chi connectivity index (χ2v) is 4.54. The van der Waals surface area contributed by atoms with E-state index in [1.165, 1.54) is 10.1 Å². The van der Waals surface area contributed by atoms with Crippen molar-refractivity contribution in [2.45, 2.75) is 26.3 Å². The van der Waals surface area contributed by atoms with Gasteiger partial charge in [0, 0.05) is 18.1 Å². The molecular formula is C14H17NO2. The van der Waals surface area contributed by atoms with Gasteiger partial charge in [0.1, 0.15) is 0 Å². The standard InChI is InChI=1S/C14H17NO2/c1-10(2)11-3-4-13-12(9-11)5-6-15(7-8-16)14(13)17/h3-6,9-10,16H,7-8H2,1-2H3. The highest BCUT2D eigenvalue weighted by Gasteiger charge is 2.05. The summed E-state index contributed by atoms with van der Waals surface area (Å²) in [5.74, 6) is 0.458. The first-order valence-electron chi connectivity index (χ1n) is 5.87. The Morgan fingerprint density at radius 1 is 1.29 bits per heavy atom. The van der Waals surface area contributed by atoms with Crippen molar-refractivity contribution < 1.29 is 5.11 Å².